The standard InChI is InChI=1S/C14H13FN2O/c1-10(11-6-3-2-4-7-11)16-14(18)12-8-5-9-13(15)17-12/h2-10H,1H3,(H,16,18)/t10-/m0/s1. The summed E-state index contributed by atoms with van der Waals surface area (Å²) in [4.78, 5) is 15.4. The summed E-state index contributed by atoms with van der Waals surface area (Å²) in [6.07, 6.45) is 0. The summed E-state index contributed by atoms with van der Waals surface area (Å²) in [6.45, 7) is 1.87. The van der Waals surface area contributed by atoms with Gasteiger partial charge in [-0.3, -0.25) is 4.79 Å². The highest BCUT2D eigenvalue weighted by Gasteiger charge is 2.12. The van der Waals surface area contributed by atoms with Crippen molar-refractivity contribution in [1.82, 2.24) is 10.3 Å². The van der Waals surface area contributed by atoms with Gasteiger partial charge in [-0.2, -0.15) is 4.39 Å². The molecule has 0 radical (unpaired) electrons. The summed E-state index contributed by atoms with van der Waals surface area (Å²) >= 11 is 0. The van der Waals surface area contributed by atoms with E-state index in [0.29, 0.717) is 0 Å². The maximum Gasteiger partial charge on any atom is 0.270 e. The minimum Gasteiger partial charge on any atom is -0.344 e. The van der Waals surface area contributed by atoms with Gasteiger partial charge in [0.25, 0.3) is 5.91 Å². The SMILES string of the molecule is C[C@H](NC(=O)c1cccc(F)n1)c1ccccc1. The summed E-state index contributed by atoms with van der Waals surface area (Å²) in [5, 5.41) is 2.77. The first-order chi connectivity index (χ1) is 8.66. The van der Waals surface area contributed by atoms with E-state index in [0.717, 1.165) is 5.56 Å². The normalized spacial score (nSPS) is 11.9. The molecule has 0 aliphatic carbocycles. The van der Waals surface area contributed by atoms with Gasteiger partial charge in [-0.25, -0.2) is 4.98 Å². The highest BCUT2D eigenvalue weighted by Crippen LogP contribution is 2.11. The third kappa shape index (κ3) is 2.91. The molecule has 0 saturated carbocycles. The Balaban J connectivity index is 2.08. The van der Waals surface area contributed by atoms with Crippen molar-refractivity contribution in [3.8, 4) is 0 Å². The van der Waals surface area contributed by atoms with Crippen LogP contribution < -0.4 is 5.32 Å². The predicted octanol–water partition coefficient (Wildman–Crippen LogP) is 2.71. The van der Waals surface area contributed by atoms with Crippen LogP contribution in [0.15, 0.2) is 48.5 Å². The zero-order valence-corrected chi connectivity index (χ0v) is 9.93. The van der Waals surface area contributed by atoms with Gasteiger partial charge in [0.15, 0.2) is 0 Å². The highest BCUT2D eigenvalue weighted by molar-refractivity contribution is 5.92. The number of hydrogen-bond donors (Lipinski definition) is 1. The monoisotopic (exact) mass is 244 g/mol. The number of carbonyl (C=O) groups excluding carboxylic acids is 1. The maximum absolute atomic E-state index is 12.9. The van der Waals surface area contributed by atoms with Crippen LogP contribution in [0.3, 0.4) is 0 Å². The smallest absolute Gasteiger partial charge is 0.270 e. The Bertz CT molecular complexity index is 543. The largest absolute Gasteiger partial charge is 0.344 e. The number of carbonyl (C=O) groups is 1. The van der Waals surface area contributed by atoms with Crippen LogP contribution in [-0.2, 0) is 0 Å². The summed E-state index contributed by atoms with van der Waals surface area (Å²) in [5.41, 5.74) is 1.07. The molecule has 1 heterocycles. The van der Waals surface area contributed by atoms with E-state index in [4.69, 9.17) is 0 Å². The molecular formula is C14H13FN2O. The first-order valence-electron chi connectivity index (χ1n) is 5.65. The summed E-state index contributed by atoms with van der Waals surface area (Å²) in [5.74, 6) is -1.04. The molecule has 0 aliphatic heterocycles. The number of amides is 1. The Labute approximate surface area is 105 Å². The second-order valence-electron chi connectivity index (χ2n) is 3.95. The lowest BCUT2D eigenvalue weighted by Crippen LogP contribution is -2.27. The topological polar surface area (TPSA) is 42.0 Å². The molecule has 18 heavy (non-hydrogen) atoms. The van der Waals surface area contributed by atoms with Crippen LogP contribution in [0, 0.1) is 5.95 Å². The van der Waals surface area contributed by atoms with Crippen LogP contribution in [0.4, 0.5) is 4.39 Å². The van der Waals surface area contributed by atoms with Gasteiger partial charge in [0.2, 0.25) is 5.95 Å². The fourth-order valence-corrected chi connectivity index (χ4v) is 1.63. The van der Waals surface area contributed by atoms with Crippen LogP contribution in [0.1, 0.15) is 29.0 Å². The molecule has 0 unspecified atom stereocenters. The minimum atomic E-state index is -0.657. The number of rotatable bonds is 3. The highest BCUT2D eigenvalue weighted by atomic mass is 19.1. The van der Waals surface area contributed by atoms with Gasteiger partial charge in [-0.05, 0) is 24.6 Å². The van der Waals surface area contributed by atoms with Crippen molar-refractivity contribution in [3.05, 3.63) is 65.7 Å². The van der Waals surface area contributed by atoms with Crippen molar-refractivity contribution < 1.29 is 9.18 Å². The third-order valence-electron chi connectivity index (χ3n) is 2.59. The summed E-state index contributed by atoms with van der Waals surface area (Å²) < 4.78 is 12.9. The minimum absolute atomic E-state index is 0.0813. The first kappa shape index (κ1) is 12.2. The van der Waals surface area contributed by atoms with Crippen LogP contribution >= 0.6 is 0 Å². The quantitative estimate of drug-likeness (QED) is 0.843. The van der Waals surface area contributed by atoms with Gasteiger partial charge in [-0.15, -0.1) is 0 Å². The number of nitrogens with zero attached hydrogens (tertiary/aromatic N) is 1. The molecule has 92 valence electrons. The van der Waals surface area contributed by atoms with E-state index in [1.54, 1.807) is 0 Å². The van der Waals surface area contributed by atoms with Gasteiger partial charge in [0.05, 0.1) is 6.04 Å². The van der Waals surface area contributed by atoms with E-state index in [2.05, 4.69) is 10.3 Å². The van der Waals surface area contributed by atoms with Gasteiger partial charge in [0.1, 0.15) is 5.69 Å². The van der Waals surface area contributed by atoms with Crippen LogP contribution in [-0.4, -0.2) is 10.9 Å². The number of halogens is 1. The van der Waals surface area contributed by atoms with Crippen LogP contribution in [0.25, 0.3) is 0 Å². The summed E-state index contributed by atoms with van der Waals surface area (Å²) in [6, 6.07) is 13.6. The average molecular weight is 244 g/mol. The predicted molar refractivity (Wildman–Crippen MR) is 66.5 cm³/mol. The average Bonchev–Trinajstić information content (AvgIpc) is 2.39. The number of hydrogen-bond acceptors (Lipinski definition) is 2. The van der Waals surface area contributed by atoms with Crippen molar-refractivity contribution >= 4 is 5.91 Å². The molecule has 0 spiro atoms. The van der Waals surface area contributed by atoms with E-state index in [1.807, 2.05) is 37.3 Å². The Morgan fingerprint density at radius 3 is 2.56 bits per heavy atom. The van der Waals surface area contributed by atoms with Crippen molar-refractivity contribution in [2.24, 2.45) is 0 Å². The molecule has 1 N–H and O–H groups in total. The second kappa shape index (κ2) is 5.40. The molecule has 0 fully saturated rings. The maximum atomic E-state index is 12.9. The van der Waals surface area contributed by atoms with Gasteiger partial charge in [-0.1, -0.05) is 36.4 Å². The molecule has 1 aromatic heterocycles. The van der Waals surface area contributed by atoms with Gasteiger partial charge < -0.3 is 5.32 Å². The number of pyridine rings is 1. The van der Waals surface area contributed by atoms with Crippen molar-refractivity contribution in [2.75, 3.05) is 0 Å². The molecule has 2 aromatic rings. The van der Waals surface area contributed by atoms with E-state index < -0.39 is 5.95 Å². The van der Waals surface area contributed by atoms with E-state index >= 15 is 0 Å². The molecule has 1 aromatic carbocycles. The molecule has 3 nitrogen and oxygen atoms in total. The van der Waals surface area contributed by atoms with Crippen LogP contribution in [0.2, 0.25) is 0 Å². The van der Waals surface area contributed by atoms with Crippen LogP contribution in [0.5, 0.6) is 0 Å². The Morgan fingerprint density at radius 2 is 1.89 bits per heavy atom. The van der Waals surface area contributed by atoms with Gasteiger partial charge >= 0.3 is 0 Å². The summed E-state index contributed by atoms with van der Waals surface area (Å²) in [7, 11) is 0. The Kier molecular flexibility index (Phi) is 3.67. The Morgan fingerprint density at radius 1 is 1.17 bits per heavy atom. The molecule has 4 heteroatoms. The Hall–Kier alpha value is -2.23. The van der Waals surface area contributed by atoms with E-state index in [1.165, 1.54) is 18.2 Å². The van der Waals surface area contributed by atoms with Crippen molar-refractivity contribution in [3.63, 3.8) is 0 Å². The number of aromatic nitrogens is 1. The molecule has 0 bridgehead atoms. The molecule has 2 rings (SSSR count). The number of benzene rings is 1. The molecule has 0 saturated heterocycles. The lowest BCUT2D eigenvalue weighted by molar-refractivity contribution is 0.0933. The lowest BCUT2D eigenvalue weighted by Gasteiger charge is -2.13. The van der Waals surface area contributed by atoms with E-state index in [-0.39, 0.29) is 17.6 Å². The lowest BCUT2D eigenvalue weighted by atomic mass is 10.1. The second-order valence-corrected chi connectivity index (χ2v) is 3.95. The molecule has 1 amide bonds. The van der Waals surface area contributed by atoms with Crippen molar-refractivity contribution in [1.29, 1.82) is 0 Å². The van der Waals surface area contributed by atoms with Gasteiger partial charge in [0, 0.05) is 0 Å². The molecular weight excluding hydrogens is 231 g/mol. The number of nitrogens with one attached hydrogen (secondary N) is 1. The third-order valence-corrected chi connectivity index (χ3v) is 2.59. The van der Waals surface area contributed by atoms with E-state index in [9.17, 15) is 9.18 Å². The zero-order chi connectivity index (χ0) is 13.0. The molecule has 1 atom stereocenters. The fraction of sp³-hybridized carbons (Fsp3) is 0.143. The first-order valence-corrected chi connectivity index (χ1v) is 5.65. The van der Waals surface area contributed by atoms with Crippen molar-refractivity contribution in [2.45, 2.75) is 13.0 Å². The zero-order valence-electron chi connectivity index (χ0n) is 9.93. The fourth-order valence-electron chi connectivity index (χ4n) is 1.63. The molecule has 0 aliphatic rings.